The van der Waals surface area contributed by atoms with Gasteiger partial charge >= 0.3 is 0 Å². The van der Waals surface area contributed by atoms with Gasteiger partial charge in [0.05, 0.1) is 25.8 Å². The predicted molar refractivity (Wildman–Crippen MR) is 110 cm³/mol. The van der Waals surface area contributed by atoms with Gasteiger partial charge in [-0.3, -0.25) is 9.69 Å². The lowest BCUT2D eigenvalue weighted by Crippen LogP contribution is -2.55. The van der Waals surface area contributed by atoms with Crippen molar-refractivity contribution in [3.63, 3.8) is 0 Å². The molecular formula is C18H27BrN4O4S. The number of carbonyl (C=O) groups is 1. The Bertz CT molecular complexity index is 760. The van der Waals surface area contributed by atoms with Crippen molar-refractivity contribution in [3.8, 4) is 0 Å². The summed E-state index contributed by atoms with van der Waals surface area (Å²) in [5.74, 6) is -0.0556. The molecule has 0 radical (unpaired) electrons. The second-order valence-corrected chi connectivity index (χ2v) is 9.88. The number of nitrogens with one attached hydrogen (secondary N) is 1. The average molecular weight is 475 g/mol. The van der Waals surface area contributed by atoms with Crippen LogP contribution < -0.4 is 5.32 Å². The molecule has 1 aromatic rings. The number of amides is 1. The second-order valence-electron chi connectivity index (χ2n) is 7.04. The molecule has 1 amide bonds. The monoisotopic (exact) mass is 474 g/mol. The van der Waals surface area contributed by atoms with Gasteiger partial charge in [-0.15, -0.1) is 0 Å². The smallest absolute Gasteiger partial charge is 0.282 e. The molecule has 1 N–H and O–H groups in total. The summed E-state index contributed by atoms with van der Waals surface area (Å²) in [6.45, 7) is 5.79. The molecule has 2 aliphatic rings. The molecule has 0 aromatic heterocycles. The number of ether oxygens (including phenoxy) is 1. The minimum Gasteiger partial charge on any atom is -0.379 e. The molecule has 3 rings (SSSR count). The Morgan fingerprint density at radius 3 is 2.25 bits per heavy atom. The molecule has 0 aliphatic carbocycles. The van der Waals surface area contributed by atoms with E-state index in [2.05, 4.69) is 21.2 Å². The number of hydrogen-bond donors (Lipinski definition) is 1. The highest BCUT2D eigenvalue weighted by Crippen LogP contribution is 2.17. The molecule has 1 aromatic carbocycles. The Labute approximate surface area is 175 Å². The van der Waals surface area contributed by atoms with E-state index < -0.39 is 10.2 Å². The summed E-state index contributed by atoms with van der Waals surface area (Å²) in [5, 5.41) is 3.01. The third kappa shape index (κ3) is 5.52. The molecule has 2 saturated heterocycles. The van der Waals surface area contributed by atoms with E-state index >= 15 is 0 Å². The van der Waals surface area contributed by atoms with Crippen LogP contribution in [0.5, 0.6) is 0 Å². The summed E-state index contributed by atoms with van der Waals surface area (Å²) >= 11 is 3.41. The molecule has 8 nitrogen and oxygen atoms in total. The van der Waals surface area contributed by atoms with Gasteiger partial charge in [0.15, 0.2) is 0 Å². The number of morpholine rings is 1. The van der Waals surface area contributed by atoms with Crippen molar-refractivity contribution in [2.24, 2.45) is 0 Å². The number of hydrogen-bond acceptors (Lipinski definition) is 5. The Balaban J connectivity index is 1.45. The first-order valence-corrected chi connectivity index (χ1v) is 11.7. The van der Waals surface area contributed by atoms with Crippen LogP contribution in [0, 0.1) is 0 Å². The van der Waals surface area contributed by atoms with Gasteiger partial charge in [0.1, 0.15) is 0 Å². The first kappa shape index (κ1) is 21.7. The predicted octanol–water partition coefficient (Wildman–Crippen LogP) is 0.821. The van der Waals surface area contributed by atoms with E-state index in [1.165, 1.54) is 8.61 Å². The minimum atomic E-state index is -3.44. The topological polar surface area (TPSA) is 82.2 Å². The van der Waals surface area contributed by atoms with E-state index in [4.69, 9.17) is 4.74 Å². The van der Waals surface area contributed by atoms with E-state index in [-0.39, 0.29) is 18.5 Å². The first-order valence-electron chi connectivity index (χ1n) is 9.46. The largest absolute Gasteiger partial charge is 0.379 e. The van der Waals surface area contributed by atoms with Gasteiger partial charge in [-0.25, -0.2) is 0 Å². The summed E-state index contributed by atoms with van der Waals surface area (Å²) in [6, 6.07) is 7.77. The Morgan fingerprint density at radius 1 is 1.07 bits per heavy atom. The maximum Gasteiger partial charge on any atom is 0.282 e. The van der Waals surface area contributed by atoms with E-state index in [0.29, 0.717) is 52.5 Å². The molecule has 2 heterocycles. The summed E-state index contributed by atoms with van der Waals surface area (Å²) < 4.78 is 34.6. The zero-order valence-corrected chi connectivity index (χ0v) is 18.4. The van der Waals surface area contributed by atoms with Gasteiger partial charge in [0.2, 0.25) is 5.91 Å². The van der Waals surface area contributed by atoms with Crippen LogP contribution in [-0.2, 0) is 19.7 Å². The van der Waals surface area contributed by atoms with Crippen molar-refractivity contribution in [3.05, 3.63) is 34.3 Å². The van der Waals surface area contributed by atoms with Crippen molar-refractivity contribution in [1.29, 1.82) is 0 Å². The fourth-order valence-electron chi connectivity index (χ4n) is 3.38. The highest BCUT2D eigenvalue weighted by Gasteiger charge is 2.33. The standard InChI is InChI=1S/C18H27BrN4O4S/c1-15(16-2-4-17(19)5-3-16)20-18(24)14-21-6-8-22(9-7-21)28(25,26)23-10-12-27-13-11-23/h2-5,15H,6-14H2,1H3,(H,20,24). The molecule has 1 unspecified atom stereocenters. The van der Waals surface area contributed by atoms with Gasteiger partial charge in [-0.1, -0.05) is 28.1 Å². The summed E-state index contributed by atoms with van der Waals surface area (Å²) in [7, 11) is -3.44. The number of benzene rings is 1. The summed E-state index contributed by atoms with van der Waals surface area (Å²) in [5.41, 5.74) is 1.04. The lowest BCUT2D eigenvalue weighted by molar-refractivity contribution is -0.123. The fourth-order valence-corrected chi connectivity index (χ4v) is 5.21. The normalized spacial score (nSPS) is 21.4. The third-order valence-corrected chi connectivity index (χ3v) is 7.63. The number of nitrogens with zero attached hydrogens (tertiary/aromatic N) is 3. The lowest BCUT2D eigenvalue weighted by atomic mass is 10.1. The van der Waals surface area contributed by atoms with Crippen LogP contribution in [0.3, 0.4) is 0 Å². The SMILES string of the molecule is CC(NC(=O)CN1CCN(S(=O)(=O)N2CCOCC2)CC1)c1ccc(Br)cc1. The van der Waals surface area contributed by atoms with Crippen molar-refractivity contribution >= 4 is 32.0 Å². The molecule has 28 heavy (non-hydrogen) atoms. The highest BCUT2D eigenvalue weighted by atomic mass is 79.9. The summed E-state index contributed by atoms with van der Waals surface area (Å²) in [6.07, 6.45) is 0. The van der Waals surface area contributed by atoms with Crippen LogP contribution in [0.1, 0.15) is 18.5 Å². The van der Waals surface area contributed by atoms with E-state index in [1.807, 2.05) is 36.1 Å². The van der Waals surface area contributed by atoms with Gasteiger partial charge in [0, 0.05) is 43.7 Å². The Hall–Kier alpha value is -1.04. The minimum absolute atomic E-state index is 0.0556. The number of rotatable bonds is 6. The van der Waals surface area contributed by atoms with Gasteiger partial charge < -0.3 is 10.1 Å². The van der Waals surface area contributed by atoms with Crippen molar-refractivity contribution in [2.45, 2.75) is 13.0 Å². The number of halogens is 1. The third-order valence-electron chi connectivity index (χ3n) is 5.07. The average Bonchev–Trinajstić information content (AvgIpc) is 2.69. The second kappa shape index (κ2) is 9.64. The number of carbonyl (C=O) groups excluding carboxylic acids is 1. The molecule has 156 valence electrons. The van der Waals surface area contributed by atoms with Gasteiger partial charge in [-0.05, 0) is 24.6 Å². The van der Waals surface area contributed by atoms with Crippen LogP contribution in [0.4, 0.5) is 0 Å². The van der Waals surface area contributed by atoms with Crippen LogP contribution in [0.15, 0.2) is 28.7 Å². The lowest BCUT2D eigenvalue weighted by Gasteiger charge is -2.37. The van der Waals surface area contributed by atoms with E-state index in [0.717, 1.165) is 10.0 Å². The Morgan fingerprint density at radius 2 is 1.64 bits per heavy atom. The molecule has 0 saturated carbocycles. The van der Waals surface area contributed by atoms with Crippen LogP contribution in [0.2, 0.25) is 0 Å². The Kier molecular flexibility index (Phi) is 7.46. The van der Waals surface area contributed by atoms with Crippen molar-refractivity contribution < 1.29 is 17.9 Å². The van der Waals surface area contributed by atoms with E-state index in [9.17, 15) is 13.2 Å². The van der Waals surface area contributed by atoms with Crippen LogP contribution >= 0.6 is 15.9 Å². The molecule has 1 atom stereocenters. The number of piperazine rings is 1. The molecule has 0 spiro atoms. The van der Waals surface area contributed by atoms with Crippen molar-refractivity contribution in [1.82, 2.24) is 18.8 Å². The molecule has 0 bridgehead atoms. The molecule has 2 fully saturated rings. The zero-order valence-electron chi connectivity index (χ0n) is 16.0. The first-order chi connectivity index (χ1) is 13.4. The van der Waals surface area contributed by atoms with Crippen LogP contribution in [-0.4, -0.2) is 86.9 Å². The quantitative estimate of drug-likeness (QED) is 0.659. The molecule has 10 heteroatoms. The summed E-state index contributed by atoms with van der Waals surface area (Å²) in [4.78, 5) is 14.4. The fraction of sp³-hybridized carbons (Fsp3) is 0.611. The van der Waals surface area contributed by atoms with Crippen molar-refractivity contribution in [2.75, 3.05) is 59.0 Å². The zero-order chi connectivity index (χ0) is 20.1. The van der Waals surface area contributed by atoms with Gasteiger partial charge in [-0.2, -0.15) is 17.0 Å². The molecule has 2 aliphatic heterocycles. The van der Waals surface area contributed by atoms with E-state index in [1.54, 1.807) is 0 Å². The highest BCUT2D eigenvalue weighted by molar-refractivity contribution is 9.10. The molecular weight excluding hydrogens is 448 g/mol. The van der Waals surface area contributed by atoms with Crippen LogP contribution in [0.25, 0.3) is 0 Å². The maximum absolute atomic E-state index is 12.7. The maximum atomic E-state index is 12.7. The van der Waals surface area contributed by atoms with Gasteiger partial charge in [0.25, 0.3) is 10.2 Å².